The Bertz CT molecular complexity index is 1130. The molecule has 1 fully saturated rings. The molecule has 0 aromatic heterocycles. The van der Waals surface area contributed by atoms with Gasteiger partial charge in [-0.3, -0.25) is 14.4 Å². The quantitative estimate of drug-likeness (QED) is 0.409. The first kappa shape index (κ1) is 23.0. The first-order valence-corrected chi connectivity index (χ1v) is 10.9. The molecule has 6 N–H and O–H groups in total. The summed E-state index contributed by atoms with van der Waals surface area (Å²) in [6, 6.07) is 3.27. The normalized spacial score (nSPS) is 26.9. The topological polar surface area (TPSA) is 161 Å². The van der Waals surface area contributed by atoms with Crippen LogP contribution in [0, 0.1) is 11.8 Å². The van der Waals surface area contributed by atoms with Gasteiger partial charge in [-0.25, -0.2) is 0 Å². The van der Waals surface area contributed by atoms with Crippen LogP contribution >= 0.6 is 0 Å². The van der Waals surface area contributed by atoms with Gasteiger partial charge in [0, 0.05) is 17.9 Å². The molecule has 1 aromatic carbocycles. The minimum Gasteiger partial charge on any atom is -0.508 e. The lowest BCUT2D eigenvalue weighted by atomic mass is 9.59. The second-order valence-corrected chi connectivity index (χ2v) is 9.41. The Morgan fingerprint density at radius 1 is 1.18 bits per heavy atom. The molecule has 0 heterocycles. The molecule has 0 saturated heterocycles. The molecule has 9 nitrogen and oxygen atoms in total. The lowest BCUT2D eigenvalue weighted by Gasteiger charge is -2.46. The fraction of sp³-hybridized carbons (Fsp3) is 0.458. The van der Waals surface area contributed by atoms with E-state index in [0.717, 1.165) is 24.1 Å². The molecule has 1 saturated carbocycles. The number of primary amides is 1. The second kappa shape index (κ2) is 8.00. The summed E-state index contributed by atoms with van der Waals surface area (Å²) < 4.78 is 0. The van der Waals surface area contributed by atoms with Crippen molar-refractivity contribution in [1.82, 2.24) is 4.90 Å². The van der Waals surface area contributed by atoms with Gasteiger partial charge in [0.2, 0.25) is 5.78 Å². The number of nitrogens with zero attached hydrogens (tertiary/aromatic N) is 1. The third-order valence-electron chi connectivity index (χ3n) is 7.10. The zero-order valence-corrected chi connectivity index (χ0v) is 18.6. The molecule has 1 amide bonds. The van der Waals surface area contributed by atoms with Gasteiger partial charge in [0.1, 0.15) is 22.8 Å². The zero-order chi connectivity index (χ0) is 24.2. The van der Waals surface area contributed by atoms with E-state index in [4.69, 9.17) is 5.73 Å². The number of fused-ring (bicyclic) bond motifs is 3. The van der Waals surface area contributed by atoms with Gasteiger partial charge >= 0.3 is 0 Å². The molecule has 0 spiro atoms. The van der Waals surface area contributed by atoms with Gasteiger partial charge < -0.3 is 31.1 Å². The van der Waals surface area contributed by atoms with Crippen LogP contribution in [0.15, 0.2) is 29.0 Å². The van der Waals surface area contributed by atoms with Crippen molar-refractivity contribution in [3.05, 3.63) is 45.7 Å². The average molecular weight is 456 g/mol. The number of carbonyl (C=O) groups is 3. The number of rotatable bonds is 5. The van der Waals surface area contributed by atoms with Crippen LogP contribution in [0.4, 0.5) is 0 Å². The van der Waals surface area contributed by atoms with E-state index in [0.29, 0.717) is 12.8 Å². The Kier molecular flexibility index (Phi) is 5.58. The minimum absolute atomic E-state index is 0.119. The maximum Gasteiger partial charge on any atom is 0.255 e. The first-order valence-electron chi connectivity index (χ1n) is 10.9. The second-order valence-electron chi connectivity index (χ2n) is 9.41. The molecule has 33 heavy (non-hydrogen) atoms. The van der Waals surface area contributed by atoms with E-state index in [9.17, 15) is 34.8 Å². The van der Waals surface area contributed by atoms with E-state index in [2.05, 4.69) is 4.90 Å². The van der Waals surface area contributed by atoms with E-state index in [1.54, 1.807) is 6.07 Å². The highest BCUT2D eigenvalue weighted by molar-refractivity contribution is 6.22. The maximum atomic E-state index is 13.5. The number of carbonyl (C=O) groups excluding carboxylic acids is 3. The molecule has 9 heteroatoms. The number of phenolic OH excluding ortho intramolecular Hbond substituents is 1. The molecule has 3 unspecified atom stereocenters. The molecule has 176 valence electrons. The standard InChI is InChI=1S/C24H28N2O7/c1-26(2)7-3-4-11-5-6-15(27)18-14(11)9-12-8-13-10-16(28)19(23(25)32)22(31)24(13,33)21(30)17(12)20(18)29/h5-6,12-13,27,29,31,33H,3-4,7-10H2,1-2H3,(H2,25,32). The number of benzene rings is 1. The van der Waals surface area contributed by atoms with Crippen molar-refractivity contribution in [2.24, 2.45) is 17.6 Å². The first-order chi connectivity index (χ1) is 15.5. The highest BCUT2D eigenvalue weighted by atomic mass is 16.3. The summed E-state index contributed by atoms with van der Waals surface area (Å²) in [4.78, 5) is 39.6. The Hall–Kier alpha value is -3.17. The number of aromatic hydroxyl groups is 1. The maximum absolute atomic E-state index is 13.5. The number of aryl methyl sites for hydroxylation is 1. The van der Waals surface area contributed by atoms with Crippen LogP contribution in [-0.2, 0) is 27.2 Å². The van der Waals surface area contributed by atoms with Gasteiger partial charge in [-0.05, 0) is 69.4 Å². The fourth-order valence-corrected chi connectivity index (χ4v) is 5.51. The third-order valence-corrected chi connectivity index (χ3v) is 7.10. The molecule has 0 bridgehead atoms. The van der Waals surface area contributed by atoms with Crippen molar-refractivity contribution in [2.75, 3.05) is 20.6 Å². The van der Waals surface area contributed by atoms with Gasteiger partial charge in [-0.2, -0.15) is 0 Å². The highest BCUT2D eigenvalue weighted by Gasteiger charge is 2.60. The minimum atomic E-state index is -2.53. The molecule has 3 aliphatic rings. The van der Waals surface area contributed by atoms with Crippen LogP contribution in [-0.4, -0.2) is 69.0 Å². The number of ketones is 2. The van der Waals surface area contributed by atoms with Crippen LogP contribution in [0.2, 0.25) is 0 Å². The van der Waals surface area contributed by atoms with Crippen LogP contribution in [0.5, 0.6) is 5.75 Å². The van der Waals surface area contributed by atoms with Gasteiger partial charge in [-0.15, -0.1) is 0 Å². The number of nitrogens with two attached hydrogens (primary N) is 1. The summed E-state index contributed by atoms with van der Waals surface area (Å²) >= 11 is 0. The van der Waals surface area contributed by atoms with Gasteiger partial charge in [0.25, 0.3) is 5.91 Å². The summed E-state index contributed by atoms with van der Waals surface area (Å²) in [5, 5.41) is 43.4. The number of amides is 1. The molecule has 3 atom stereocenters. The molecule has 0 aliphatic heterocycles. The van der Waals surface area contributed by atoms with E-state index in [1.165, 1.54) is 6.07 Å². The number of hydrogen-bond acceptors (Lipinski definition) is 8. The molecular weight excluding hydrogens is 428 g/mol. The van der Waals surface area contributed by atoms with Crippen LogP contribution in [0.3, 0.4) is 0 Å². The summed E-state index contributed by atoms with van der Waals surface area (Å²) in [6.07, 6.45) is 1.71. The lowest BCUT2D eigenvalue weighted by Crippen LogP contribution is -2.58. The largest absolute Gasteiger partial charge is 0.508 e. The summed E-state index contributed by atoms with van der Waals surface area (Å²) in [6.45, 7) is 0.857. The van der Waals surface area contributed by atoms with Crippen molar-refractivity contribution >= 4 is 23.2 Å². The predicted molar refractivity (Wildman–Crippen MR) is 118 cm³/mol. The third kappa shape index (κ3) is 3.43. The average Bonchev–Trinajstić information content (AvgIpc) is 2.71. The monoisotopic (exact) mass is 456 g/mol. The van der Waals surface area contributed by atoms with E-state index in [-0.39, 0.29) is 29.7 Å². The summed E-state index contributed by atoms with van der Waals surface area (Å²) in [5.74, 6) is -6.11. The molecular formula is C24H28N2O7. The van der Waals surface area contributed by atoms with Crippen molar-refractivity contribution < 1.29 is 34.8 Å². The number of phenols is 1. The fourth-order valence-electron chi connectivity index (χ4n) is 5.51. The Morgan fingerprint density at radius 2 is 1.88 bits per heavy atom. The Balaban J connectivity index is 1.82. The number of Topliss-reactive ketones (excluding diaryl/α,β-unsaturated/α-hetero) is 2. The lowest BCUT2D eigenvalue weighted by molar-refractivity contribution is -0.147. The van der Waals surface area contributed by atoms with Gasteiger partial charge in [0.05, 0.1) is 5.56 Å². The summed E-state index contributed by atoms with van der Waals surface area (Å²) in [7, 11) is 3.95. The molecule has 0 radical (unpaired) electrons. The van der Waals surface area contributed by atoms with E-state index >= 15 is 0 Å². The number of hydrogen-bond donors (Lipinski definition) is 5. The van der Waals surface area contributed by atoms with Crippen LogP contribution < -0.4 is 5.73 Å². The zero-order valence-electron chi connectivity index (χ0n) is 18.6. The van der Waals surface area contributed by atoms with E-state index < -0.39 is 52.0 Å². The van der Waals surface area contributed by atoms with Crippen molar-refractivity contribution in [3.63, 3.8) is 0 Å². The predicted octanol–water partition coefficient (Wildman–Crippen LogP) is 0.918. The molecule has 1 aromatic rings. The van der Waals surface area contributed by atoms with Crippen molar-refractivity contribution in [3.8, 4) is 5.75 Å². The van der Waals surface area contributed by atoms with Crippen molar-refractivity contribution in [1.29, 1.82) is 0 Å². The Labute approximate surface area is 190 Å². The SMILES string of the molecule is CN(C)CCCc1ccc(O)c2c1CC1CC3CC(=O)C(C(N)=O)=C(O)C3(O)C(=O)C1=C2O. The van der Waals surface area contributed by atoms with Crippen molar-refractivity contribution in [2.45, 2.75) is 37.7 Å². The summed E-state index contributed by atoms with van der Waals surface area (Å²) in [5.41, 5.74) is 3.58. The number of aliphatic hydroxyl groups excluding tert-OH is 2. The Morgan fingerprint density at radius 3 is 2.52 bits per heavy atom. The number of aliphatic hydroxyl groups is 3. The van der Waals surface area contributed by atoms with Crippen LogP contribution in [0.25, 0.3) is 5.76 Å². The van der Waals surface area contributed by atoms with Gasteiger partial charge in [-0.1, -0.05) is 6.07 Å². The van der Waals surface area contributed by atoms with Crippen LogP contribution in [0.1, 0.15) is 36.0 Å². The molecule has 4 rings (SSSR count). The van der Waals surface area contributed by atoms with E-state index in [1.807, 2.05) is 14.1 Å². The smallest absolute Gasteiger partial charge is 0.255 e. The molecule has 3 aliphatic carbocycles. The van der Waals surface area contributed by atoms with Gasteiger partial charge in [0.15, 0.2) is 11.4 Å². The highest BCUT2D eigenvalue weighted by Crippen LogP contribution is 2.52.